The van der Waals surface area contributed by atoms with Gasteiger partial charge in [-0.1, -0.05) is 13.8 Å². The van der Waals surface area contributed by atoms with Gasteiger partial charge in [0.05, 0.1) is 6.04 Å². The van der Waals surface area contributed by atoms with Crippen LogP contribution in [-0.2, 0) is 9.59 Å². The van der Waals surface area contributed by atoms with Crippen molar-refractivity contribution in [3.63, 3.8) is 0 Å². The van der Waals surface area contributed by atoms with E-state index in [9.17, 15) is 9.59 Å². The Morgan fingerprint density at radius 2 is 2.00 bits per heavy atom. The third-order valence-corrected chi connectivity index (χ3v) is 1.89. The van der Waals surface area contributed by atoms with E-state index in [4.69, 9.17) is 10.8 Å². The molecule has 14 heavy (non-hydrogen) atoms. The van der Waals surface area contributed by atoms with Crippen molar-refractivity contribution in [3.8, 4) is 0 Å². The topological polar surface area (TPSA) is 92.4 Å². The molecule has 0 heterocycles. The standard InChI is InChI=1S/C9H18N2O3/c1-6(2)8(10)9(14)11-5-3-4-7(12)13/h6,8H,3-5,10H2,1-2H3,(H,11,14)(H,12,13). The summed E-state index contributed by atoms with van der Waals surface area (Å²) in [7, 11) is 0. The van der Waals surface area contributed by atoms with Gasteiger partial charge in [-0.3, -0.25) is 9.59 Å². The van der Waals surface area contributed by atoms with Crippen LogP contribution in [0.15, 0.2) is 0 Å². The molecule has 0 aromatic heterocycles. The molecule has 5 heteroatoms. The van der Waals surface area contributed by atoms with Gasteiger partial charge in [0.25, 0.3) is 0 Å². The zero-order chi connectivity index (χ0) is 11.1. The molecule has 0 saturated carbocycles. The minimum absolute atomic E-state index is 0.0667. The molecule has 0 rings (SSSR count). The Labute approximate surface area is 83.7 Å². The summed E-state index contributed by atoms with van der Waals surface area (Å²) in [5.41, 5.74) is 5.57. The van der Waals surface area contributed by atoms with Crippen LogP contribution in [0.4, 0.5) is 0 Å². The lowest BCUT2D eigenvalue weighted by atomic mass is 10.1. The van der Waals surface area contributed by atoms with Gasteiger partial charge in [-0.2, -0.15) is 0 Å². The Balaban J connectivity index is 3.59. The zero-order valence-corrected chi connectivity index (χ0v) is 8.62. The van der Waals surface area contributed by atoms with E-state index in [1.165, 1.54) is 0 Å². The van der Waals surface area contributed by atoms with Crippen molar-refractivity contribution in [2.75, 3.05) is 6.54 Å². The quantitative estimate of drug-likeness (QED) is 0.526. The van der Waals surface area contributed by atoms with Crippen LogP contribution < -0.4 is 11.1 Å². The lowest BCUT2D eigenvalue weighted by Crippen LogP contribution is -2.44. The molecule has 0 radical (unpaired) electrons. The first-order valence-corrected chi connectivity index (χ1v) is 4.70. The van der Waals surface area contributed by atoms with E-state index in [0.717, 1.165) is 0 Å². The van der Waals surface area contributed by atoms with Crippen LogP contribution in [0.1, 0.15) is 26.7 Å². The maximum absolute atomic E-state index is 11.2. The molecular formula is C9H18N2O3. The minimum atomic E-state index is -0.854. The average Bonchev–Trinajstić information content (AvgIpc) is 2.10. The second-order valence-corrected chi connectivity index (χ2v) is 3.56. The van der Waals surface area contributed by atoms with E-state index in [1.54, 1.807) is 0 Å². The van der Waals surface area contributed by atoms with Gasteiger partial charge in [0.2, 0.25) is 5.91 Å². The van der Waals surface area contributed by atoms with Gasteiger partial charge < -0.3 is 16.2 Å². The SMILES string of the molecule is CC(C)C(N)C(=O)NCCCC(=O)O. The molecule has 0 aromatic carbocycles. The summed E-state index contributed by atoms with van der Waals surface area (Å²) in [5, 5.41) is 10.9. The summed E-state index contributed by atoms with van der Waals surface area (Å²) in [6, 6.07) is -0.514. The third-order valence-electron chi connectivity index (χ3n) is 1.89. The first-order valence-electron chi connectivity index (χ1n) is 4.70. The highest BCUT2D eigenvalue weighted by Crippen LogP contribution is 1.97. The first-order chi connectivity index (χ1) is 6.45. The summed E-state index contributed by atoms with van der Waals surface area (Å²) in [6.45, 7) is 4.09. The van der Waals surface area contributed by atoms with Crippen LogP contribution in [0.25, 0.3) is 0 Å². The second kappa shape index (κ2) is 6.37. The Bertz CT molecular complexity index is 204. The number of carbonyl (C=O) groups excluding carboxylic acids is 1. The summed E-state index contributed by atoms with van der Waals surface area (Å²) >= 11 is 0. The van der Waals surface area contributed by atoms with Gasteiger partial charge in [-0.15, -0.1) is 0 Å². The molecule has 1 unspecified atom stereocenters. The zero-order valence-electron chi connectivity index (χ0n) is 8.62. The lowest BCUT2D eigenvalue weighted by Gasteiger charge is -2.14. The first kappa shape index (κ1) is 12.9. The number of carboxylic acids is 1. The third kappa shape index (κ3) is 5.53. The summed E-state index contributed by atoms with van der Waals surface area (Å²) in [5.74, 6) is -0.979. The molecule has 0 fully saturated rings. The average molecular weight is 202 g/mol. The molecule has 5 nitrogen and oxygen atoms in total. The van der Waals surface area contributed by atoms with E-state index >= 15 is 0 Å². The Hall–Kier alpha value is -1.10. The molecular weight excluding hydrogens is 184 g/mol. The van der Waals surface area contributed by atoms with Crippen molar-refractivity contribution in [1.29, 1.82) is 0 Å². The largest absolute Gasteiger partial charge is 0.481 e. The molecule has 1 atom stereocenters. The van der Waals surface area contributed by atoms with Gasteiger partial charge in [0.15, 0.2) is 0 Å². The smallest absolute Gasteiger partial charge is 0.303 e. The van der Waals surface area contributed by atoms with Gasteiger partial charge in [-0.25, -0.2) is 0 Å². The number of rotatable bonds is 6. The summed E-state index contributed by atoms with van der Waals surface area (Å²) < 4.78 is 0. The summed E-state index contributed by atoms with van der Waals surface area (Å²) in [6.07, 6.45) is 0.503. The molecule has 0 aliphatic heterocycles. The maximum Gasteiger partial charge on any atom is 0.303 e. The van der Waals surface area contributed by atoms with Gasteiger partial charge in [0, 0.05) is 13.0 Å². The molecule has 0 aromatic rings. The number of nitrogens with two attached hydrogens (primary N) is 1. The number of nitrogens with one attached hydrogen (secondary N) is 1. The van der Waals surface area contributed by atoms with E-state index in [0.29, 0.717) is 13.0 Å². The van der Waals surface area contributed by atoms with Crippen molar-refractivity contribution < 1.29 is 14.7 Å². The van der Waals surface area contributed by atoms with Crippen LogP contribution in [0.3, 0.4) is 0 Å². The van der Waals surface area contributed by atoms with Crippen LogP contribution in [0.2, 0.25) is 0 Å². The number of hydrogen-bond donors (Lipinski definition) is 3. The van der Waals surface area contributed by atoms with E-state index in [2.05, 4.69) is 5.32 Å². The number of aliphatic carboxylic acids is 1. The van der Waals surface area contributed by atoms with E-state index < -0.39 is 12.0 Å². The molecule has 0 aliphatic carbocycles. The summed E-state index contributed by atoms with van der Waals surface area (Å²) in [4.78, 5) is 21.4. The molecule has 82 valence electrons. The number of carboxylic acid groups (broad SMARTS) is 1. The van der Waals surface area contributed by atoms with Crippen LogP contribution in [0.5, 0.6) is 0 Å². The predicted octanol–water partition coefficient (Wildman–Crippen LogP) is -0.0493. The lowest BCUT2D eigenvalue weighted by molar-refractivity contribution is -0.137. The van der Waals surface area contributed by atoms with Crippen LogP contribution in [0, 0.1) is 5.92 Å². The molecule has 4 N–H and O–H groups in total. The van der Waals surface area contributed by atoms with Crippen molar-refractivity contribution in [3.05, 3.63) is 0 Å². The molecule has 0 bridgehead atoms. The molecule has 0 saturated heterocycles. The highest BCUT2D eigenvalue weighted by molar-refractivity contribution is 5.81. The van der Waals surface area contributed by atoms with Crippen molar-refractivity contribution in [2.24, 2.45) is 11.7 Å². The van der Waals surface area contributed by atoms with E-state index in [-0.39, 0.29) is 18.2 Å². The fourth-order valence-electron chi connectivity index (χ4n) is 0.872. The minimum Gasteiger partial charge on any atom is -0.481 e. The number of hydrogen-bond acceptors (Lipinski definition) is 3. The Morgan fingerprint density at radius 1 is 1.43 bits per heavy atom. The predicted molar refractivity (Wildman–Crippen MR) is 52.7 cm³/mol. The number of carbonyl (C=O) groups is 2. The maximum atomic E-state index is 11.2. The van der Waals surface area contributed by atoms with Crippen molar-refractivity contribution in [2.45, 2.75) is 32.7 Å². The van der Waals surface area contributed by atoms with Crippen LogP contribution >= 0.6 is 0 Å². The number of amides is 1. The van der Waals surface area contributed by atoms with Crippen molar-refractivity contribution >= 4 is 11.9 Å². The monoisotopic (exact) mass is 202 g/mol. The van der Waals surface area contributed by atoms with Crippen LogP contribution in [-0.4, -0.2) is 29.6 Å². The molecule has 1 amide bonds. The van der Waals surface area contributed by atoms with E-state index in [1.807, 2.05) is 13.8 Å². The Kier molecular flexibility index (Phi) is 5.87. The second-order valence-electron chi connectivity index (χ2n) is 3.56. The highest BCUT2D eigenvalue weighted by atomic mass is 16.4. The fraction of sp³-hybridized carbons (Fsp3) is 0.778. The normalized spacial score (nSPS) is 12.6. The fourth-order valence-corrected chi connectivity index (χ4v) is 0.872. The molecule has 0 spiro atoms. The van der Waals surface area contributed by atoms with Gasteiger partial charge in [-0.05, 0) is 12.3 Å². The van der Waals surface area contributed by atoms with Gasteiger partial charge in [0.1, 0.15) is 0 Å². The Morgan fingerprint density at radius 3 is 2.43 bits per heavy atom. The molecule has 0 aliphatic rings. The van der Waals surface area contributed by atoms with Gasteiger partial charge >= 0.3 is 5.97 Å². The van der Waals surface area contributed by atoms with Crippen molar-refractivity contribution in [1.82, 2.24) is 5.32 Å². The highest BCUT2D eigenvalue weighted by Gasteiger charge is 2.16.